The number of phenols is 2. The molecule has 0 heterocycles. The minimum atomic E-state index is -1.06. The van der Waals surface area contributed by atoms with E-state index in [1.165, 1.54) is 29.2 Å². The molecule has 3 amide bonds. The van der Waals surface area contributed by atoms with E-state index in [1.807, 2.05) is 0 Å². The molecule has 9 heteroatoms. The number of phenolic OH excluding ortho intramolecular Hbond substituents is 2. The number of alkyl carbamates (subject to hydrolysis) is 1. The Kier molecular flexibility index (Phi) is 11.6. The number of benzene rings is 2. The number of rotatable bonds is 12. The fourth-order valence-electron chi connectivity index (χ4n) is 4.16. The summed E-state index contributed by atoms with van der Waals surface area (Å²) in [6, 6.07) is 10.1. The van der Waals surface area contributed by atoms with Gasteiger partial charge in [0.2, 0.25) is 11.8 Å². The molecular formula is C30H43N3O6. The van der Waals surface area contributed by atoms with Crippen LogP contribution in [0.25, 0.3) is 0 Å². The number of hydrogen-bond acceptors (Lipinski definition) is 6. The number of hydrogen-bond donors (Lipinski definition) is 4. The Balaban J connectivity index is 2.48. The quantitative estimate of drug-likeness (QED) is 0.285. The lowest BCUT2D eigenvalue weighted by atomic mass is 9.98. The second-order valence-corrected chi connectivity index (χ2v) is 10.9. The van der Waals surface area contributed by atoms with Crippen LogP contribution in [0.2, 0.25) is 0 Å². The van der Waals surface area contributed by atoms with Gasteiger partial charge in [0.15, 0.2) is 0 Å². The monoisotopic (exact) mass is 541 g/mol. The zero-order valence-corrected chi connectivity index (χ0v) is 23.9. The van der Waals surface area contributed by atoms with Crippen LogP contribution >= 0.6 is 0 Å². The van der Waals surface area contributed by atoms with Crippen molar-refractivity contribution in [2.24, 2.45) is 0 Å². The molecule has 0 aromatic heterocycles. The van der Waals surface area contributed by atoms with E-state index in [1.54, 1.807) is 58.9 Å². The minimum absolute atomic E-state index is 0.0417. The van der Waals surface area contributed by atoms with Crippen molar-refractivity contribution in [2.45, 2.75) is 91.0 Å². The minimum Gasteiger partial charge on any atom is -0.508 e. The van der Waals surface area contributed by atoms with Gasteiger partial charge in [0.25, 0.3) is 0 Å². The van der Waals surface area contributed by atoms with Crippen LogP contribution in [0.4, 0.5) is 4.79 Å². The fraction of sp³-hybridized carbons (Fsp3) is 0.500. The van der Waals surface area contributed by atoms with Gasteiger partial charge in [-0.25, -0.2) is 4.79 Å². The highest BCUT2D eigenvalue weighted by molar-refractivity contribution is 5.92. The molecule has 0 spiro atoms. The normalized spacial score (nSPS) is 12.9. The highest BCUT2D eigenvalue weighted by Crippen LogP contribution is 2.27. The van der Waals surface area contributed by atoms with E-state index < -0.39 is 35.7 Å². The number of nitrogens with zero attached hydrogens (tertiary/aromatic N) is 1. The molecule has 0 bridgehead atoms. The Labute approximate surface area is 231 Å². The molecule has 2 rings (SSSR count). The largest absolute Gasteiger partial charge is 0.508 e. The summed E-state index contributed by atoms with van der Waals surface area (Å²) < 4.78 is 5.43. The number of amides is 3. The third kappa shape index (κ3) is 10.1. The molecular weight excluding hydrogens is 498 g/mol. The molecule has 0 aliphatic heterocycles. The summed E-state index contributed by atoms with van der Waals surface area (Å²) in [5.41, 5.74) is 0.459. The van der Waals surface area contributed by atoms with E-state index in [4.69, 9.17) is 4.74 Å². The molecule has 0 radical (unpaired) electrons. The van der Waals surface area contributed by atoms with Crippen molar-refractivity contribution in [1.82, 2.24) is 15.5 Å². The molecule has 39 heavy (non-hydrogen) atoms. The maximum absolute atomic E-state index is 14.2. The van der Waals surface area contributed by atoms with Gasteiger partial charge >= 0.3 is 6.09 Å². The number of ether oxygens (including phenoxy) is 1. The molecule has 2 aromatic rings. The van der Waals surface area contributed by atoms with Crippen molar-refractivity contribution in [3.05, 3.63) is 59.7 Å². The fourth-order valence-corrected chi connectivity index (χ4v) is 4.16. The molecule has 9 nitrogen and oxygen atoms in total. The number of aromatic hydroxyl groups is 2. The number of unbranched alkanes of at least 4 members (excludes halogenated alkanes) is 2. The van der Waals surface area contributed by atoms with Crippen molar-refractivity contribution in [2.75, 3.05) is 6.54 Å². The highest BCUT2D eigenvalue weighted by atomic mass is 16.6. The molecule has 2 atom stereocenters. The number of nitrogens with one attached hydrogen (secondary N) is 2. The van der Waals surface area contributed by atoms with E-state index in [0.29, 0.717) is 17.7 Å². The summed E-state index contributed by atoms with van der Waals surface area (Å²) in [5.74, 6) is -0.692. The lowest BCUT2D eigenvalue weighted by molar-refractivity contribution is -0.144. The molecule has 2 unspecified atom stereocenters. The SMILES string of the molecule is CCCCCNC(=O)C(c1ccc(O)cc1)N(C(=O)C(Cc1ccc(O)cc1)NC(=O)OC(C)(C)C)C(C)C. The summed E-state index contributed by atoms with van der Waals surface area (Å²) in [4.78, 5) is 42.0. The van der Waals surface area contributed by atoms with Crippen molar-refractivity contribution < 1.29 is 29.3 Å². The van der Waals surface area contributed by atoms with Crippen LogP contribution in [0.1, 0.15) is 78.0 Å². The topological polar surface area (TPSA) is 128 Å². The first-order valence-electron chi connectivity index (χ1n) is 13.5. The molecule has 4 N–H and O–H groups in total. The first kappa shape index (κ1) is 31.5. The third-order valence-electron chi connectivity index (χ3n) is 5.99. The summed E-state index contributed by atoms with van der Waals surface area (Å²) >= 11 is 0. The summed E-state index contributed by atoms with van der Waals surface area (Å²) in [6.07, 6.45) is 2.13. The summed E-state index contributed by atoms with van der Waals surface area (Å²) in [6.45, 7) is 11.3. The molecule has 2 aromatic carbocycles. The van der Waals surface area contributed by atoms with E-state index >= 15 is 0 Å². The number of carbonyl (C=O) groups is 3. The van der Waals surface area contributed by atoms with Crippen LogP contribution < -0.4 is 10.6 Å². The predicted molar refractivity (Wildman–Crippen MR) is 150 cm³/mol. The number of carbonyl (C=O) groups excluding carboxylic acids is 3. The zero-order chi connectivity index (χ0) is 29.2. The molecule has 0 fully saturated rings. The van der Waals surface area contributed by atoms with Gasteiger partial charge in [0.1, 0.15) is 29.2 Å². The standard InChI is InChI=1S/C30H43N3O6/c1-7-8-9-18-31-27(36)26(22-12-16-24(35)17-13-22)33(20(2)3)28(37)25(32-29(38)39-30(4,5)6)19-21-10-14-23(34)15-11-21/h10-17,20,25-26,34-35H,7-9,18-19H2,1-6H3,(H,31,36)(H,32,38). The Morgan fingerprint density at radius 3 is 2.00 bits per heavy atom. The Morgan fingerprint density at radius 2 is 1.49 bits per heavy atom. The summed E-state index contributed by atoms with van der Waals surface area (Å²) in [5, 5.41) is 25.2. The van der Waals surface area contributed by atoms with Crippen molar-refractivity contribution in [1.29, 1.82) is 0 Å². The molecule has 0 aliphatic rings. The van der Waals surface area contributed by atoms with Gasteiger partial charge in [-0.2, -0.15) is 0 Å². The van der Waals surface area contributed by atoms with Crippen LogP contribution in [0, 0.1) is 0 Å². The van der Waals surface area contributed by atoms with Crippen LogP contribution in [0.5, 0.6) is 11.5 Å². The van der Waals surface area contributed by atoms with E-state index in [0.717, 1.165) is 19.3 Å². The second kappa shape index (κ2) is 14.4. The Morgan fingerprint density at radius 1 is 0.923 bits per heavy atom. The van der Waals surface area contributed by atoms with Crippen LogP contribution in [0.15, 0.2) is 48.5 Å². The van der Waals surface area contributed by atoms with Gasteiger partial charge in [-0.15, -0.1) is 0 Å². The van der Waals surface area contributed by atoms with Gasteiger partial charge in [-0.1, -0.05) is 44.0 Å². The zero-order valence-electron chi connectivity index (χ0n) is 23.9. The average molecular weight is 542 g/mol. The first-order valence-corrected chi connectivity index (χ1v) is 13.5. The smallest absolute Gasteiger partial charge is 0.408 e. The van der Waals surface area contributed by atoms with Gasteiger partial charge in [0.05, 0.1) is 0 Å². The van der Waals surface area contributed by atoms with Crippen LogP contribution in [-0.4, -0.2) is 57.3 Å². The Bertz CT molecular complexity index is 1080. The van der Waals surface area contributed by atoms with Crippen molar-refractivity contribution in [3.8, 4) is 11.5 Å². The lowest BCUT2D eigenvalue weighted by Crippen LogP contribution is -2.55. The van der Waals surface area contributed by atoms with Gasteiger partial charge in [-0.05, 0) is 76.4 Å². The van der Waals surface area contributed by atoms with Gasteiger partial charge < -0.3 is 30.5 Å². The van der Waals surface area contributed by atoms with E-state index in [2.05, 4.69) is 17.6 Å². The lowest BCUT2D eigenvalue weighted by Gasteiger charge is -2.37. The average Bonchev–Trinajstić information content (AvgIpc) is 2.85. The summed E-state index contributed by atoms with van der Waals surface area (Å²) in [7, 11) is 0. The van der Waals surface area contributed by atoms with Crippen LogP contribution in [-0.2, 0) is 20.7 Å². The molecule has 0 saturated heterocycles. The maximum Gasteiger partial charge on any atom is 0.408 e. The predicted octanol–water partition coefficient (Wildman–Crippen LogP) is 4.82. The maximum atomic E-state index is 14.2. The van der Waals surface area contributed by atoms with Crippen molar-refractivity contribution >= 4 is 17.9 Å². The van der Waals surface area contributed by atoms with Gasteiger partial charge in [-0.3, -0.25) is 9.59 Å². The van der Waals surface area contributed by atoms with Crippen LogP contribution in [0.3, 0.4) is 0 Å². The van der Waals surface area contributed by atoms with Crippen molar-refractivity contribution in [3.63, 3.8) is 0 Å². The van der Waals surface area contributed by atoms with Gasteiger partial charge in [0, 0.05) is 19.0 Å². The highest BCUT2D eigenvalue weighted by Gasteiger charge is 2.37. The third-order valence-corrected chi connectivity index (χ3v) is 5.99. The van der Waals surface area contributed by atoms with E-state index in [9.17, 15) is 24.6 Å². The van der Waals surface area contributed by atoms with E-state index in [-0.39, 0.29) is 23.8 Å². The molecule has 0 saturated carbocycles. The Hall–Kier alpha value is -3.75. The first-order chi connectivity index (χ1) is 18.3. The molecule has 214 valence electrons. The molecule has 0 aliphatic carbocycles. The second-order valence-electron chi connectivity index (χ2n) is 10.9.